The molecule has 1 aromatic carbocycles. The maximum atomic E-state index is 12.5. The number of amides is 1. The van der Waals surface area contributed by atoms with Crippen molar-refractivity contribution < 1.29 is 14.8 Å². The molecule has 1 rings (SSSR count). The van der Waals surface area contributed by atoms with Crippen molar-refractivity contribution >= 4 is 41.1 Å². The zero-order valence-corrected chi connectivity index (χ0v) is 15.8. The van der Waals surface area contributed by atoms with E-state index in [2.05, 4.69) is 15.9 Å². The quantitative estimate of drug-likeness (QED) is 0.279. The molecule has 1 N–H and O–H groups in total. The van der Waals surface area contributed by atoms with Gasteiger partial charge in [0.15, 0.2) is 0 Å². The molecule has 0 spiro atoms. The molecule has 0 aliphatic carbocycles. The molecule has 134 valence electrons. The number of alkyl halides is 1. The number of nitro benzene ring substituents is 1. The first kappa shape index (κ1) is 20.9. The lowest BCUT2D eigenvalue weighted by atomic mass is 10.0. The zero-order chi connectivity index (χ0) is 19.0. The molecule has 25 heavy (non-hydrogen) atoms. The van der Waals surface area contributed by atoms with Crippen molar-refractivity contribution in [1.82, 2.24) is 4.90 Å². The second-order valence-corrected chi connectivity index (χ2v) is 6.17. The Kier molecular flexibility index (Phi) is 8.38. The third kappa shape index (κ3) is 5.18. The summed E-state index contributed by atoms with van der Waals surface area (Å²) in [5, 5.41) is 30.4. The van der Waals surface area contributed by atoms with E-state index < -0.39 is 16.5 Å². The molecule has 0 aliphatic rings. The van der Waals surface area contributed by atoms with E-state index in [0.717, 1.165) is 12.4 Å². The van der Waals surface area contributed by atoms with E-state index in [4.69, 9.17) is 5.11 Å². The predicted octanol–water partition coefficient (Wildman–Crippen LogP) is 0.783. The van der Waals surface area contributed by atoms with Gasteiger partial charge in [-0.25, -0.2) is 0 Å². The van der Waals surface area contributed by atoms with Gasteiger partial charge in [-0.05, 0) is 6.07 Å². The Morgan fingerprint density at radius 1 is 1.44 bits per heavy atom. The largest absolute Gasteiger partial charge is 0.395 e. The van der Waals surface area contributed by atoms with Crippen LogP contribution in [0, 0.1) is 21.4 Å². The lowest BCUT2D eigenvalue weighted by Crippen LogP contribution is -2.31. The Morgan fingerprint density at radius 2 is 2.12 bits per heavy atom. The van der Waals surface area contributed by atoms with E-state index in [1.807, 2.05) is 18.8 Å². The van der Waals surface area contributed by atoms with Crippen LogP contribution in [0.5, 0.6) is 0 Å². The van der Waals surface area contributed by atoms with Gasteiger partial charge in [-0.1, -0.05) is 22.3 Å². The highest BCUT2D eigenvalue weighted by atomic mass is 79.9. The smallest absolute Gasteiger partial charge is 0.283 e. The zero-order valence-electron chi connectivity index (χ0n) is 14.2. The van der Waals surface area contributed by atoms with E-state index in [1.165, 1.54) is 18.0 Å². The minimum Gasteiger partial charge on any atom is -0.395 e. The average Bonchev–Trinajstić information content (AvgIpc) is 2.59. The molecule has 1 aromatic rings. The third-order valence-corrected chi connectivity index (χ3v) is 3.99. The average molecular weight is 411 g/mol. The molecule has 0 fully saturated rings. The normalized spacial score (nSPS) is 10.2. The van der Waals surface area contributed by atoms with Crippen molar-refractivity contribution in [1.29, 1.82) is 5.26 Å². The summed E-state index contributed by atoms with van der Waals surface area (Å²) in [6.45, 7) is 1.06. The standard InChI is InChI=1S/C15H20BBrN4O4/c1-19(6-7-22)15(23)12-9-13(20(4-2-16)5-3-17)11(10-18)8-14(12)21(24)25/h8-9,22H,2-7,16H2,1H3. The van der Waals surface area contributed by atoms with Crippen molar-refractivity contribution in [3.05, 3.63) is 33.4 Å². The number of aliphatic hydroxyl groups is 1. The first-order chi connectivity index (χ1) is 11.9. The first-order valence-electron chi connectivity index (χ1n) is 7.80. The summed E-state index contributed by atoms with van der Waals surface area (Å²) in [4.78, 5) is 26.4. The Balaban J connectivity index is 3.53. The molecular formula is C15H20BBrN4O4. The summed E-state index contributed by atoms with van der Waals surface area (Å²) in [6, 6.07) is 4.54. The molecule has 1 amide bonds. The van der Waals surface area contributed by atoms with Gasteiger partial charge < -0.3 is 14.9 Å². The lowest BCUT2D eigenvalue weighted by Gasteiger charge is -2.25. The summed E-state index contributed by atoms with van der Waals surface area (Å²) in [7, 11) is 3.45. The fourth-order valence-corrected chi connectivity index (χ4v) is 2.86. The van der Waals surface area contributed by atoms with E-state index in [1.54, 1.807) is 0 Å². The highest BCUT2D eigenvalue weighted by Gasteiger charge is 2.27. The van der Waals surface area contributed by atoms with Gasteiger partial charge in [0.05, 0.1) is 22.8 Å². The second-order valence-electron chi connectivity index (χ2n) is 5.38. The number of likely N-dealkylation sites (N-methyl/N-ethyl adjacent to an activating group) is 1. The summed E-state index contributed by atoms with van der Waals surface area (Å²) in [5.74, 6) is -0.568. The van der Waals surface area contributed by atoms with Crippen LogP contribution in [-0.4, -0.2) is 67.3 Å². The van der Waals surface area contributed by atoms with Gasteiger partial charge in [-0.2, -0.15) is 5.26 Å². The van der Waals surface area contributed by atoms with E-state index in [0.29, 0.717) is 24.1 Å². The highest BCUT2D eigenvalue weighted by molar-refractivity contribution is 9.09. The van der Waals surface area contributed by atoms with Crippen molar-refractivity contribution in [2.24, 2.45) is 0 Å². The number of benzene rings is 1. The van der Waals surface area contributed by atoms with Crippen LogP contribution in [-0.2, 0) is 0 Å². The molecule has 0 heterocycles. The maximum Gasteiger partial charge on any atom is 0.283 e. The Labute approximate surface area is 155 Å². The Bertz CT molecular complexity index is 674. The van der Waals surface area contributed by atoms with Gasteiger partial charge in [-0.15, -0.1) is 0 Å². The molecule has 0 saturated carbocycles. The molecule has 0 bridgehead atoms. The number of carbonyl (C=O) groups excluding carboxylic acids is 1. The number of hydrogen-bond acceptors (Lipinski definition) is 6. The van der Waals surface area contributed by atoms with Gasteiger partial charge in [0, 0.05) is 38.1 Å². The maximum absolute atomic E-state index is 12.5. The van der Waals surface area contributed by atoms with Crippen molar-refractivity contribution in [2.45, 2.75) is 6.32 Å². The van der Waals surface area contributed by atoms with Crippen LogP contribution in [0.25, 0.3) is 0 Å². The van der Waals surface area contributed by atoms with Crippen LogP contribution in [0.4, 0.5) is 11.4 Å². The summed E-state index contributed by atoms with van der Waals surface area (Å²) in [6.07, 6.45) is 0.822. The van der Waals surface area contributed by atoms with Crippen LogP contribution in [0.1, 0.15) is 15.9 Å². The van der Waals surface area contributed by atoms with E-state index in [-0.39, 0.29) is 24.3 Å². The fourth-order valence-electron chi connectivity index (χ4n) is 2.43. The summed E-state index contributed by atoms with van der Waals surface area (Å²) in [5.41, 5.74) is 0.147. The molecule has 8 nitrogen and oxygen atoms in total. The van der Waals surface area contributed by atoms with Gasteiger partial charge in [0.1, 0.15) is 19.5 Å². The van der Waals surface area contributed by atoms with Gasteiger partial charge in [0.25, 0.3) is 11.6 Å². The summed E-state index contributed by atoms with van der Waals surface area (Å²) < 4.78 is 0. The number of nitriles is 1. The number of carbonyl (C=O) groups is 1. The number of nitrogens with zero attached hydrogens (tertiary/aromatic N) is 4. The number of aliphatic hydroxyl groups excluding tert-OH is 1. The number of anilines is 1. The molecule has 0 aliphatic heterocycles. The van der Waals surface area contributed by atoms with Gasteiger partial charge in [0.2, 0.25) is 0 Å². The van der Waals surface area contributed by atoms with Crippen molar-refractivity contribution in [2.75, 3.05) is 43.5 Å². The van der Waals surface area contributed by atoms with Gasteiger partial charge in [-0.3, -0.25) is 14.9 Å². The van der Waals surface area contributed by atoms with E-state index >= 15 is 0 Å². The first-order valence-corrected chi connectivity index (χ1v) is 8.93. The number of rotatable bonds is 9. The van der Waals surface area contributed by atoms with Crippen LogP contribution < -0.4 is 4.90 Å². The van der Waals surface area contributed by atoms with Crippen LogP contribution in [0.15, 0.2) is 12.1 Å². The molecule has 0 unspecified atom stereocenters. The molecule has 0 saturated heterocycles. The molecule has 10 heteroatoms. The Hall–Kier alpha value is -2.12. The summed E-state index contributed by atoms with van der Waals surface area (Å²) >= 11 is 3.36. The highest BCUT2D eigenvalue weighted by Crippen LogP contribution is 2.30. The van der Waals surface area contributed by atoms with Crippen LogP contribution >= 0.6 is 15.9 Å². The molecule has 0 radical (unpaired) electrons. The second kappa shape index (κ2) is 10.0. The molecular weight excluding hydrogens is 391 g/mol. The minimum atomic E-state index is -0.667. The Morgan fingerprint density at radius 3 is 2.60 bits per heavy atom. The fraction of sp³-hybridized carbons (Fsp3) is 0.467. The van der Waals surface area contributed by atoms with Crippen LogP contribution in [0.2, 0.25) is 6.32 Å². The SMILES string of the molecule is BCCN(CCBr)c1cc(C(=O)N(C)CCO)c([N+](=O)[O-])cc1C#N. The van der Waals surface area contributed by atoms with Crippen molar-refractivity contribution in [3.8, 4) is 6.07 Å². The minimum absolute atomic E-state index is 0.0609. The predicted molar refractivity (Wildman–Crippen MR) is 101 cm³/mol. The van der Waals surface area contributed by atoms with Gasteiger partial charge >= 0.3 is 0 Å². The van der Waals surface area contributed by atoms with Crippen molar-refractivity contribution in [3.63, 3.8) is 0 Å². The lowest BCUT2D eigenvalue weighted by molar-refractivity contribution is -0.385. The topological polar surface area (TPSA) is 111 Å². The number of nitro groups is 1. The number of hydrogen-bond donors (Lipinski definition) is 1. The number of halogens is 1. The molecule has 0 aromatic heterocycles. The van der Waals surface area contributed by atoms with E-state index in [9.17, 15) is 20.2 Å². The molecule has 0 atom stereocenters. The van der Waals surface area contributed by atoms with Crippen LogP contribution in [0.3, 0.4) is 0 Å². The monoisotopic (exact) mass is 410 g/mol. The third-order valence-electron chi connectivity index (χ3n) is 3.63.